The molecule has 0 N–H and O–H groups in total. The van der Waals surface area contributed by atoms with Gasteiger partial charge in [-0.25, -0.2) is 4.52 Å². The quantitative estimate of drug-likeness (QED) is 0.742. The third-order valence-corrected chi connectivity index (χ3v) is 3.19. The van der Waals surface area contributed by atoms with Crippen molar-refractivity contribution in [2.24, 2.45) is 5.92 Å². The van der Waals surface area contributed by atoms with Crippen LogP contribution in [-0.4, -0.2) is 14.2 Å². The second-order valence-electron chi connectivity index (χ2n) is 4.19. The molecule has 0 amide bonds. The first kappa shape index (κ1) is 8.54. The lowest BCUT2D eigenvalue weighted by Gasteiger charge is -2.25. The van der Waals surface area contributed by atoms with Gasteiger partial charge in [0.15, 0.2) is 5.69 Å². The molecule has 0 aliphatic heterocycles. The number of hydrogen-bond donors (Lipinski definition) is 0. The minimum Gasteiger partial charge on any atom is -0.331 e. The minimum atomic E-state index is 0.493. The fourth-order valence-electron chi connectivity index (χ4n) is 2.09. The topological polar surface area (TPSA) is 46.0 Å². The number of imidazole rings is 1. The van der Waals surface area contributed by atoms with E-state index >= 15 is 0 Å². The maximum absolute atomic E-state index is 8.75. The van der Waals surface area contributed by atoms with E-state index in [0.29, 0.717) is 5.69 Å². The van der Waals surface area contributed by atoms with Crippen molar-refractivity contribution in [3.8, 4) is 6.07 Å². The number of aromatic nitrogens is 3. The Kier molecular flexibility index (Phi) is 1.78. The van der Waals surface area contributed by atoms with E-state index < -0.39 is 0 Å². The van der Waals surface area contributed by atoms with Gasteiger partial charge in [0, 0.05) is 25.0 Å². The fraction of sp³-hybridized carbons (Fsp3) is 0.455. The van der Waals surface area contributed by atoms with Crippen molar-refractivity contribution in [3.63, 3.8) is 0 Å². The monoisotopic (exact) mass is 200 g/mol. The van der Waals surface area contributed by atoms with Crippen molar-refractivity contribution >= 4 is 5.65 Å². The van der Waals surface area contributed by atoms with Crippen molar-refractivity contribution in [1.29, 1.82) is 5.26 Å². The molecule has 1 aliphatic carbocycles. The van der Waals surface area contributed by atoms with Gasteiger partial charge in [-0.15, -0.1) is 0 Å². The second-order valence-corrected chi connectivity index (χ2v) is 4.19. The summed E-state index contributed by atoms with van der Waals surface area (Å²) in [4.78, 5) is 0. The van der Waals surface area contributed by atoms with Crippen LogP contribution in [0.25, 0.3) is 5.65 Å². The molecule has 2 aromatic heterocycles. The van der Waals surface area contributed by atoms with Crippen LogP contribution in [0.5, 0.6) is 0 Å². The standard InChI is InChI=1S/C11H12N4/c12-7-10-6-11-14(4-5-15(11)13-10)8-9-2-1-3-9/h4-6,9H,1-3,8H2. The van der Waals surface area contributed by atoms with E-state index in [-0.39, 0.29) is 0 Å². The smallest absolute Gasteiger partial charge is 0.165 e. The molecule has 0 unspecified atom stereocenters. The van der Waals surface area contributed by atoms with E-state index in [1.807, 2.05) is 18.5 Å². The van der Waals surface area contributed by atoms with Crippen LogP contribution in [0.4, 0.5) is 0 Å². The zero-order valence-corrected chi connectivity index (χ0v) is 8.43. The summed E-state index contributed by atoms with van der Waals surface area (Å²) < 4.78 is 3.97. The molecule has 4 nitrogen and oxygen atoms in total. The average molecular weight is 200 g/mol. The van der Waals surface area contributed by atoms with Gasteiger partial charge in [0.1, 0.15) is 11.7 Å². The van der Waals surface area contributed by atoms with Crippen LogP contribution in [0.3, 0.4) is 0 Å². The zero-order valence-electron chi connectivity index (χ0n) is 8.43. The van der Waals surface area contributed by atoms with Crippen LogP contribution in [0, 0.1) is 17.2 Å². The van der Waals surface area contributed by atoms with Crippen molar-refractivity contribution in [1.82, 2.24) is 14.2 Å². The Labute approximate surface area is 87.7 Å². The van der Waals surface area contributed by atoms with Crippen molar-refractivity contribution in [2.75, 3.05) is 0 Å². The predicted octanol–water partition coefficient (Wildman–Crippen LogP) is 1.81. The summed E-state index contributed by atoms with van der Waals surface area (Å²) in [5, 5.41) is 12.9. The van der Waals surface area contributed by atoms with E-state index in [0.717, 1.165) is 18.1 Å². The number of nitriles is 1. The van der Waals surface area contributed by atoms with E-state index in [1.165, 1.54) is 19.3 Å². The highest BCUT2D eigenvalue weighted by Crippen LogP contribution is 2.28. The van der Waals surface area contributed by atoms with Crippen molar-refractivity contribution in [2.45, 2.75) is 25.8 Å². The SMILES string of the molecule is N#Cc1cc2n(CC3CCC3)ccn2n1. The van der Waals surface area contributed by atoms with Gasteiger partial charge in [0.25, 0.3) is 0 Å². The van der Waals surface area contributed by atoms with Crippen molar-refractivity contribution in [3.05, 3.63) is 24.2 Å². The summed E-state index contributed by atoms with van der Waals surface area (Å²) in [6.45, 7) is 1.06. The number of nitrogens with zero attached hydrogens (tertiary/aromatic N) is 4. The first-order valence-corrected chi connectivity index (χ1v) is 5.31. The van der Waals surface area contributed by atoms with Gasteiger partial charge in [-0.2, -0.15) is 10.4 Å². The lowest BCUT2D eigenvalue weighted by molar-refractivity contribution is 0.279. The summed E-state index contributed by atoms with van der Waals surface area (Å²) >= 11 is 0. The molecule has 15 heavy (non-hydrogen) atoms. The Bertz CT molecular complexity index is 524. The number of hydrogen-bond acceptors (Lipinski definition) is 2. The predicted molar refractivity (Wildman–Crippen MR) is 55.2 cm³/mol. The highest BCUT2D eigenvalue weighted by Gasteiger charge is 2.18. The Hall–Kier alpha value is -1.76. The molecule has 0 aromatic carbocycles. The molecule has 0 spiro atoms. The normalized spacial score (nSPS) is 16.5. The average Bonchev–Trinajstić information content (AvgIpc) is 2.71. The van der Waals surface area contributed by atoms with Gasteiger partial charge < -0.3 is 4.57 Å². The summed E-state index contributed by atoms with van der Waals surface area (Å²) in [5.74, 6) is 0.821. The molecular weight excluding hydrogens is 188 g/mol. The van der Waals surface area contributed by atoms with Crippen molar-refractivity contribution < 1.29 is 0 Å². The van der Waals surface area contributed by atoms with Gasteiger partial charge in [0.2, 0.25) is 0 Å². The van der Waals surface area contributed by atoms with Gasteiger partial charge in [-0.05, 0) is 18.8 Å². The van der Waals surface area contributed by atoms with Gasteiger partial charge in [0.05, 0.1) is 0 Å². The maximum atomic E-state index is 8.75. The summed E-state index contributed by atoms with van der Waals surface area (Å²) in [6.07, 6.45) is 7.99. The molecule has 0 saturated heterocycles. The molecule has 1 saturated carbocycles. The fourth-order valence-corrected chi connectivity index (χ4v) is 2.09. The van der Waals surface area contributed by atoms with E-state index in [4.69, 9.17) is 5.26 Å². The molecular formula is C11H12N4. The molecule has 1 fully saturated rings. The van der Waals surface area contributed by atoms with E-state index in [9.17, 15) is 0 Å². The minimum absolute atomic E-state index is 0.493. The lowest BCUT2D eigenvalue weighted by atomic mass is 9.85. The van der Waals surface area contributed by atoms with Gasteiger partial charge in [-0.1, -0.05) is 6.42 Å². The van der Waals surface area contributed by atoms with Crippen LogP contribution in [0.15, 0.2) is 18.5 Å². The molecule has 0 atom stereocenters. The number of fused-ring (bicyclic) bond motifs is 1. The Balaban J connectivity index is 1.95. The molecule has 76 valence electrons. The largest absolute Gasteiger partial charge is 0.331 e. The number of rotatable bonds is 2. The van der Waals surface area contributed by atoms with Gasteiger partial charge >= 0.3 is 0 Å². The van der Waals surface area contributed by atoms with Gasteiger partial charge in [-0.3, -0.25) is 0 Å². The maximum Gasteiger partial charge on any atom is 0.165 e. The third kappa shape index (κ3) is 1.32. The first-order valence-electron chi connectivity index (χ1n) is 5.31. The first-order chi connectivity index (χ1) is 7.36. The lowest BCUT2D eigenvalue weighted by Crippen LogP contribution is -2.17. The summed E-state index contributed by atoms with van der Waals surface area (Å²) in [7, 11) is 0. The van der Waals surface area contributed by atoms with Crippen LogP contribution >= 0.6 is 0 Å². The molecule has 4 heteroatoms. The Morgan fingerprint density at radius 1 is 1.47 bits per heavy atom. The van der Waals surface area contributed by atoms with Crippen LogP contribution < -0.4 is 0 Å². The zero-order chi connectivity index (χ0) is 10.3. The highest BCUT2D eigenvalue weighted by molar-refractivity contribution is 5.44. The third-order valence-electron chi connectivity index (χ3n) is 3.19. The molecule has 2 aromatic rings. The van der Waals surface area contributed by atoms with Crippen LogP contribution in [-0.2, 0) is 6.54 Å². The molecule has 0 radical (unpaired) electrons. The van der Waals surface area contributed by atoms with Crippen LogP contribution in [0.1, 0.15) is 25.0 Å². The van der Waals surface area contributed by atoms with E-state index in [2.05, 4.69) is 15.7 Å². The molecule has 3 rings (SSSR count). The summed E-state index contributed by atoms with van der Waals surface area (Å²) in [6, 6.07) is 3.91. The Morgan fingerprint density at radius 3 is 3.00 bits per heavy atom. The summed E-state index contributed by atoms with van der Waals surface area (Å²) in [5.41, 5.74) is 1.52. The highest BCUT2D eigenvalue weighted by atomic mass is 15.3. The molecule has 2 heterocycles. The van der Waals surface area contributed by atoms with Crippen LogP contribution in [0.2, 0.25) is 0 Å². The molecule has 1 aliphatic rings. The Morgan fingerprint density at radius 2 is 2.33 bits per heavy atom. The second kappa shape index (κ2) is 3.13. The molecule has 0 bridgehead atoms. The van der Waals surface area contributed by atoms with E-state index in [1.54, 1.807) is 4.52 Å².